The molecule has 96 valence electrons. The average molecular weight is 235 g/mol. The van der Waals surface area contributed by atoms with Gasteiger partial charge in [-0.15, -0.1) is 0 Å². The summed E-state index contributed by atoms with van der Waals surface area (Å²) in [6, 6.07) is 4.89. The van der Waals surface area contributed by atoms with Crippen molar-refractivity contribution in [1.29, 1.82) is 5.26 Å². The van der Waals surface area contributed by atoms with E-state index in [0.717, 1.165) is 18.5 Å². The van der Waals surface area contributed by atoms with Gasteiger partial charge in [-0.2, -0.15) is 5.26 Å². The van der Waals surface area contributed by atoms with Crippen LogP contribution >= 0.6 is 0 Å². The number of rotatable bonds is 4. The number of hydrogen-bond donors (Lipinski definition) is 1. The van der Waals surface area contributed by atoms with E-state index >= 15 is 0 Å². The van der Waals surface area contributed by atoms with Crippen molar-refractivity contribution in [3.05, 3.63) is 0 Å². The molecule has 2 saturated heterocycles. The molecule has 3 heteroatoms. The number of piperidine rings is 2. The van der Waals surface area contributed by atoms with E-state index in [2.05, 4.69) is 30.3 Å². The van der Waals surface area contributed by atoms with Crippen LogP contribution in [0.3, 0.4) is 0 Å². The van der Waals surface area contributed by atoms with Gasteiger partial charge in [0.05, 0.1) is 12.5 Å². The van der Waals surface area contributed by atoms with Crippen LogP contribution in [0.1, 0.15) is 51.9 Å². The van der Waals surface area contributed by atoms with Crippen molar-refractivity contribution >= 4 is 0 Å². The molecule has 0 aromatic carbocycles. The Bertz CT molecular complexity index is 270. The van der Waals surface area contributed by atoms with Gasteiger partial charge in [-0.1, -0.05) is 13.3 Å². The predicted molar refractivity (Wildman–Crippen MR) is 69.7 cm³/mol. The van der Waals surface area contributed by atoms with Crippen LogP contribution in [0.4, 0.5) is 0 Å². The minimum atomic E-state index is 0.397. The van der Waals surface area contributed by atoms with E-state index in [1.807, 2.05) is 0 Å². The zero-order chi connectivity index (χ0) is 12.3. The highest BCUT2D eigenvalue weighted by molar-refractivity contribution is 4.95. The first-order chi connectivity index (χ1) is 8.24. The Kier molecular flexibility index (Phi) is 4.42. The standard InChI is InChI=1S/C14H25N3/c1-3-11(7-8-15)16-12-9-13-5-4-6-14(10-12)17(13)2/h11-14,16H,3-7,9-10H2,1-2H3. The first kappa shape index (κ1) is 12.9. The van der Waals surface area contributed by atoms with Gasteiger partial charge < -0.3 is 10.2 Å². The molecule has 2 heterocycles. The van der Waals surface area contributed by atoms with Gasteiger partial charge >= 0.3 is 0 Å². The molecule has 3 unspecified atom stereocenters. The van der Waals surface area contributed by atoms with E-state index in [1.54, 1.807) is 0 Å². The van der Waals surface area contributed by atoms with Gasteiger partial charge in [-0.3, -0.25) is 0 Å². The molecule has 0 aliphatic carbocycles. The first-order valence-corrected chi connectivity index (χ1v) is 7.09. The van der Waals surface area contributed by atoms with Crippen molar-refractivity contribution in [1.82, 2.24) is 10.2 Å². The van der Waals surface area contributed by atoms with Crippen molar-refractivity contribution in [2.24, 2.45) is 0 Å². The molecule has 2 bridgehead atoms. The van der Waals surface area contributed by atoms with Gasteiger partial charge in [-0.25, -0.2) is 0 Å². The van der Waals surface area contributed by atoms with Crippen molar-refractivity contribution in [2.75, 3.05) is 7.05 Å². The fourth-order valence-electron chi connectivity index (χ4n) is 3.52. The van der Waals surface area contributed by atoms with E-state index in [-0.39, 0.29) is 0 Å². The SMILES string of the molecule is CCC(CC#N)NC1CC2CCCC(C1)N2C. The minimum Gasteiger partial charge on any atom is -0.310 e. The molecule has 0 saturated carbocycles. The lowest BCUT2D eigenvalue weighted by Crippen LogP contribution is -2.55. The third-order valence-electron chi connectivity index (χ3n) is 4.64. The second kappa shape index (κ2) is 5.84. The molecule has 2 fully saturated rings. The summed E-state index contributed by atoms with van der Waals surface area (Å²) in [5, 5.41) is 12.5. The van der Waals surface area contributed by atoms with Crippen molar-refractivity contribution < 1.29 is 0 Å². The number of nitrogens with zero attached hydrogens (tertiary/aromatic N) is 2. The fourth-order valence-corrected chi connectivity index (χ4v) is 3.52. The largest absolute Gasteiger partial charge is 0.310 e. The minimum absolute atomic E-state index is 0.397. The number of fused-ring (bicyclic) bond motifs is 2. The topological polar surface area (TPSA) is 39.1 Å². The molecule has 0 spiro atoms. The van der Waals surface area contributed by atoms with Crippen molar-refractivity contribution in [3.8, 4) is 6.07 Å². The van der Waals surface area contributed by atoms with Crippen LogP contribution < -0.4 is 5.32 Å². The molecule has 2 aliphatic heterocycles. The predicted octanol–water partition coefficient (Wildman–Crippen LogP) is 2.28. The molecule has 17 heavy (non-hydrogen) atoms. The lowest BCUT2D eigenvalue weighted by molar-refractivity contribution is 0.0458. The third-order valence-corrected chi connectivity index (χ3v) is 4.64. The summed E-state index contributed by atoms with van der Waals surface area (Å²) in [5.41, 5.74) is 0. The lowest BCUT2D eigenvalue weighted by Gasteiger charge is -2.47. The average Bonchev–Trinajstić information content (AvgIpc) is 2.29. The Hall–Kier alpha value is -0.590. The molecule has 2 aliphatic rings. The smallest absolute Gasteiger partial charge is 0.0638 e. The van der Waals surface area contributed by atoms with E-state index in [9.17, 15) is 0 Å². The summed E-state index contributed by atoms with van der Waals surface area (Å²) in [6.07, 6.45) is 8.39. The van der Waals surface area contributed by atoms with Gasteiger partial charge in [0.25, 0.3) is 0 Å². The van der Waals surface area contributed by atoms with Crippen LogP contribution in [0.25, 0.3) is 0 Å². The van der Waals surface area contributed by atoms with Crippen LogP contribution in [-0.2, 0) is 0 Å². The summed E-state index contributed by atoms with van der Waals surface area (Å²) in [5.74, 6) is 0. The van der Waals surface area contributed by atoms with Crippen LogP contribution in [0.15, 0.2) is 0 Å². The Morgan fingerprint density at radius 2 is 2.00 bits per heavy atom. The highest BCUT2D eigenvalue weighted by atomic mass is 15.2. The van der Waals surface area contributed by atoms with E-state index < -0.39 is 0 Å². The van der Waals surface area contributed by atoms with Crippen LogP contribution in [0.5, 0.6) is 0 Å². The first-order valence-electron chi connectivity index (χ1n) is 7.09. The zero-order valence-electron chi connectivity index (χ0n) is 11.2. The molecule has 3 atom stereocenters. The summed E-state index contributed by atoms with van der Waals surface area (Å²) in [4.78, 5) is 2.59. The third kappa shape index (κ3) is 3.00. The highest BCUT2D eigenvalue weighted by Gasteiger charge is 2.36. The summed E-state index contributed by atoms with van der Waals surface area (Å²) < 4.78 is 0. The molecular formula is C14H25N3. The monoisotopic (exact) mass is 235 g/mol. The van der Waals surface area contributed by atoms with E-state index in [0.29, 0.717) is 18.5 Å². The fraction of sp³-hybridized carbons (Fsp3) is 0.929. The summed E-state index contributed by atoms with van der Waals surface area (Å²) in [7, 11) is 2.29. The molecular weight excluding hydrogens is 210 g/mol. The Balaban J connectivity index is 1.89. The molecule has 0 aromatic rings. The molecule has 2 rings (SSSR count). The number of nitriles is 1. The van der Waals surface area contributed by atoms with Gasteiger partial charge in [0, 0.05) is 24.2 Å². The summed E-state index contributed by atoms with van der Waals surface area (Å²) >= 11 is 0. The Labute approximate surface area is 105 Å². The van der Waals surface area contributed by atoms with E-state index in [4.69, 9.17) is 5.26 Å². The lowest BCUT2D eigenvalue weighted by atomic mass is 9.82. The highest BCUT2D eigenvalue weighted by Crippen LogP contribution is 2.32. The maximum absolute atomic E-state index is 8.80. The molecule has 3 nitrogen and oxygen atoms in total. The maximum atomic E-state index is 8.80. The van der Waals surface area contributed by atoms with E-state index in [1.165, 1.54) is 32.1 Å². The second-order valence-corrected chi connectivity index (χ2v) is 5.71. The van der Waals surface area contributed by atoms with Crippen molar-refractivity contribution in [3.63, 3.8) is 0 Å². The molecule has 0 amide bonds. The Morgan fingerprint density at radius 1 is 1.35 bits per heavy atom. The quantitative estimate of drug-likeness (QED) is 0.812. The molecule has 0 radical (unpaired) electrons. The zero-order valence-corrected chi connectivity index (χ0v) is 11.2. The van der Waals surface area contributed by atoms with Gasteiger partial charge in [0.2, 0.25) is 0 Å². The normalized spacial score (nSPS) is 35.2. The van der Waals surface area contributed by atoms with Crippen molar-refractivity contribution in [2.45, 2.75) is 76.0 Å². The van der Waals surface area contributed by atoms with Gasteiger partial charge in [-0.05, 0) is 39.2 Å². The molecule has 1 N–H and O–H groups in total. The second-order valence-electron chi connectivity index (χ2n) is 5.71. The van der Waals surface area contributed by atoms with Crippen LogP contribution in [-0.4, -0.2) is 36.1 Å². The molecule has 0 aromatic heterocycles. The van der Waals surface area contributed by atoms with Gasteiger partial charge in [0.15, 0.2) is 0 Å². The maximum Gasteiger partial charge on any atom is 0.0638 e. The summed E-state index contributed by atoms with van der Waals surface area (Å²) in [6.45, 7) is 2.17. The Morgan fingerprint density at radius 3 is 2.53 bits per heavy atom. The number of nitrogens with one attached hydrogen (secondary N) is 1. The van der Waals surface area contributed by atoms with Crippen LogP contribution in [0, 0.1) is 11.3 Å². The van der Waals surface area contributed by atoms with Gasteiger partial charge in [0.1, 0.15) is 0 Å². The number of hydrogen-bond acceptors (Lipinski definition) is 3. The van der Waals surface area contributed by atoms with Crippen LogP contribution in [0.2, 0.25) is 0 Å².